The summed E-state index contributed by atoms with van der Waals surface area (Å²) in [6.07, 6.45) is 1.13. The van der Waals surface area contributed by atoms with Crippen LogP contribution in [0.5, 0.6) is 0 Å². The summed E-state index contributed by atoms with van der Waals surface area (Å²) in [5, 5.41) is 10.3. The molecule has 0 fully saturated rings. The van der Waals surface area contributed by atoms with E-state index in [2.05, 4.69) is 0 Å². The van der Waals surface area contributed by atoms with Gasteiger partial charge in [0.2, 0.25) is 0 Å². The van der Waals surface area contributed by atoms with Crippen molar-refractivity contribution in [3.63, 3.8) is 0 Å². The Labute approximate surface area is 107 Å². The van der Waals surface area contributed by atoms with Gasteiger partial charge >= 0.3 is 0 Å². The SMILES string of the molecule is CCOC(c1ccccc1)C(O)Cc1ccco1. The molecule has 0 spiro atoms. The molecule has 2 atom stereocenters. The first-order valence-electron chi connectivity index (χ1n) is 6.18. The Balaban J connectivity index is 2.09. The van der Waals surface area contributed by atoms with Crippen LogP contribution in [0.3, 0.4) is 0 Å². The summed E-state index contributed by atoms with van der Waals surface area (Å²) in [5.41, 5.74) is 0.985. The predicted octanol–water partition coefficient (Wildman–Crippen LogP) is 2.96. The number of hydrogen-bond donors (Lipinski definition) is 1. The minimum atomic E-state index is -0.613. The molecular formula is C15H18O3. The fourth-order valence-corrected chi connectivity index (χ4v) is 1.99. The lowest BCUT2D eigenvalue weighted by Gasteiger charge is -2.22. The molecule has 18 heavy (non-hydrogen) atoms. The Morgan fingerprint density at radius 1 is 1.17 bits per heavy atom. The van der Waals surface area contributed by atoms with E-state index < -0.39 is 6.10 Å². The van der Waals surface area contributed by atoms with Crippen molar-refractivity contribution in [2.75, 3.05) is 6.61 Å². The van der Waals surface area contributed by atoms with E-state index in [1.165, 1.54) is 0 Å². The zero-order valence-corrected chi connectivity index (χ0v) is 10.5. The van der Waals surface area contributed by atoms with Gasteiger partial charge in [-0.15, -0.1) is 0 Å². The van der Waals surface area contributed by atoms with Crippen LogP contribution in [0.2, 0.25) is 0 Å². The van der Waals surface area contributed by atoms with Gasteiger partial charge < -0.3 is 14.3 Å². The molecular weight excluding hydrogens is 228 g/mol. The molecule has 0 saturated carbocycles. The molecule has 3 heteroatoms. The summed E-state index contributed by atoms with van der Waals surface area (Å²) in [7, 11) is 0. The molecule has 0 bridgehead atoms. The standard InChI is InChI=1S/C15H18O3/c1-2-17-15(12-7-4-3-5-8-12)14(16)11-13-9-6-10-18-13/h3-10,14-16H,2,11H2,1H3. The predicted molar refractivity (Wildman–Crippen MR) is 69.2 cm³/mol. The third-order valence-electron chi connectivity index (χ3n) is 2.81. The largest absolute Gasteiger partial charge is 0.469 e. The lowest BCUT2D eigenvalue weighted by Crippen LogP contribution is -2.23. The monoisotopic (exact) mass is 246 g/mol. The molecule has 1 aromatic heterocycles. The maximum Gasteiger partial charge on any atom is 0.109 e. The Bertz CT molecular complexity index is 436. The van der Waals surface area contributed by atoms with Crippen LogP contribution in [-0.2, 0) is 11.2 Å². The molecule has 1 N–H and O–H groups in total. The smallest absolute Gasteiger partial charge is 0.109 e. The van der Waals surface area contributed by atoms with Crippen LogP contribution in [0.1, 0.15) is 24.4 Å². The van der Waals surface area contributed by atoms with Crippen LogP contribution < -0.4 is 0 Å². The molecule has 96 valence electrons. The summed E-state index contributed by atoms with van der Waals surface area (Å²) in [6.45, 7) is 2.49. The van der Waals surface area contributed by atoms with Crippen LogP contribution in [-0.4, -0.2) is 17.8 Å². The van der Waals surface area contributed by atoms with Crippen molar-refractivity contribution in [3.8, 4) is 0 Å². The minimum Gasteiger partial charge on any atom is -0.469 e. The second-order valence-electron chi connectivity index (χ2n) is 4.14. The van der Waals surface area contributed by atoms with Gasteiger partial charge in [-0.05, 0) is 24.6 Å². The topological polar surface area (TPSA) is 42.6 Å². The van der Waals surface area contributed by atoms with Gasteiger partial charge in [0.05, 0.1) is 12.4 Å². The van der Waals surface area contributed by atoms with Gasteiger partial charge in [-0.2, -0.15) is 0 Å². The van der Waals surface area contributed by atoms with Crippen molar-refractivity contribution in [3.05, 3.63) is 60.1 Å². The summed E-state index contributed by atoms with van der Waals surface area (Å²) >= 11 is 0. The van der Waals surface area contributed by atoms with E-state index in [1.807, 2.05) is 49.4 Å². The second-order valence-corrected chi connectivity index (χ2v) is 4.14. The molecule has 2 aromatic rings. The van der Waals surface area contributed by atoms with Gasteiger partial charge in [-0.1, -0.05) is 30.3 Å². The van der Waals surface area contributed by atoms with Gasteiger partial charge in [0.1, 0.15) is 11.9 Å². The third-order valence-corrected chi connectivity index (χ3v) is 2.81. The molecule has 1 aromatic carbocycles. The van der Waals surface area contributed by atoms with E-state index in [0.29, 0.717) is 13.0 Å². The van der Waals surface area contributed by atoms with Crippen molar-refractivity contribution in [1.29, 1.82) is 0 Å². The number of furan rings is 1. The molecule has 3 nitrogen and oxygen atoms in total. The van der Waals surface area contributed by atoms with Crippen LogP contribution in [0.15, 0.2) is 53.1 Å². The third kappa shape index (κ3) is 3.22. The summed E-state index contributed by atoms with van der Waals surface area (Å²) < 4.78 is 10.9. The number of benzene rings is 1. The van der Waals surface area contributed by atoms with E-state index in [1.54, 1.807) is 6.26 Å². The minimum absolute atomic E-state index is 0.318. The highest BCUT2D eigenvalue weighted by molar-refractivity contribution is 5.19. The Hall–Kier alpha value is -1.58. The molecule has 1 heterocycles. The first kappa shape index (κ1) is 12.9. The van der Waals surface area contributed by atoms with E-state index in [-0.39, 0.29) is 6.10 Å². The number of aliphatic hydroxyl groups is 1. The fraction of sp³-hybridized carbons (Fsp3) is 0.333. The van der Waals surface area contributed by atoms with Crippen molar-refractivity contribution >= 4 is 0 Å². The summed E-state index contributed by atoms with van der Waals surface area (Å²) in [6, 6.07) is 13.4. The maximum atomic E-state index is 10.3. The molecule has 0 aliphatic carbocycles. The molecule has 0 radical (unpaired) electrons. The molecule has 2 unspecified atom stereocenters. The van der Waals surface area contributed by atoms with Gasteiger partial charge in [-0.25, -0.2) is 0 Å². The van der Waals surface area contributed by atoms with Crippen LogP contribution in [0.4, 0.5) is 0 Å². The van der Waals surface area contributed by atoms with E-state index in [0.717, 1.165) is 11.3 Å². The number of aliphatic hydroxyl groups excluding tert-OH is 1. The van der Waals surface area contributed by atoms with Crippen LogP contribution >= 0.6 is 0 Å². The summed E-state index contributed by atoms with van der Waals surface area (Å²) in [4.78, 5) is 0. The first-order chi connectivity index (χ1) is 8.81. The average Bonchev–Trinajstić information content (AvgIpc) is 2.89. The first-order valence-corrected chi connectivity index (χ1v) is 6.18. The maximum absolute atomic E-state index is 10.3. The van der Waals surface area contributed by atoms with Gasteiger partial charge in [0.15, 0.2) is 0 Å². The van der Waals surface area contributed by atoms with E-state index in [9.17, 15) is 5.11 Å². The molecule has 0 aliphatic heterocycles. The molecule has 2 rings (SSSR count). The number of hydrogen-bond acceptors (Lipinski definition) is 3. The zero-order chi connectivity index (χ0) is 12.8. The van der Waals surface area contributed by atoms with Crippen LogP contribution in [0.25, 0.3) is 0 Å². The van der Waals surface area contributed by atoms with Crippen molar-refractivity contribution in [2.45, 2.75) is 25.6 Å². The zero-order valence-electron chi connectivity index (χ0n) is 10.5. The molecule has 0 amide bonds. The lowest BCUT2D eigenvalue weighted by molar-refractivity contribution is -0.0357. The van der Waals surface area contributed by atoms with Gasteiger partial charge in [0.25, 0.3) is 0 Å². The lowest BCUT2D eigenvalue weighted by atomic mass is 10.0. The average molecular weight is 246 g/mol. The van der Waals surface area contributed by atoms with Crippen LogP contribution in [0, 0.1) is 0 Å². The van der Waals surface area contributed by atoms with Gasteiger partial charge in [0, 0.05) is 13.0 Å². The van der Waals surface area contributed by atoms with E-state index in [4.69, 9.17) is 9.15 Å². The Morgan fingerprint density at radius 3 is 2.56 bits per heavy atom. The normalized spacial score (nSPS) is 14.3. The highest BCUT2D eigenvalue weighted by atomic mass is 16.5. The Morgan fingerprint density at radius 2 is 1.94 bits per heavy atom. The van der Waals surface area contributed by atoms with E-state index >= 15 is 0 Å². The Kier molecular flexibility index (Phi) is 4.56. The van der Waals surface area contributed by atoms with Crippen molar-refractivity contribution in [1.82, 2.24) is 0 Å². The quantitative estimate of drug-likeness (QED) is 0.852. The summed E-state index contributed by atoms with van der Waals surface area (Å²) in [5.74, 6) is 0.767. The number of rotatable bonds is 6. The highest BCUT2D eigenvalue weighted by Crippen LogP contribution is 2.23. The van der Waals surface area contributed by atoms with Crippen molar-refractivity contribution in [2.24, 2.45) is 0 Å². The fourth-order valence-electron chi connectivity index (χ4n) is 1.99. The van der Waals surface area contributed by atoms with Gasteiger partial charge in [-0.3, -0.25) is 0 Å². The molecule has 0 saturated heterocycles. The molecule has 0 aliphatic rings. The number of ether oxygens (including phenoxy) is 1. The highest BCUT2D eigenvalue weighted by Gasteiger charge is 2.22. The second kappa shape index (κ2) is 6.38. The van der Waals surface area contributed by atoms with Crippen molar-refractivity contribution < 1.29 is 14.3 Å².